The average Bonchev–Trinajstić information content (AvgIpc) is 3.44. The van der Waals surface area contributed by atoms with Crippen LogP contribution in [-0.2, 0) is 20.1 Å². The summed E-state index contributed by atoms with van der Waals surface area (Å²) < 4.78 is 27.7. The second kappa shape index (κ2) is 10.7. The summed E-state index contributed by atoms with van der Waals surface area (Å²) in [6, 6.07) is 16.0. The van der Waals surface area contributed by atoms with E-state index in [4.69, 9.17) is 5.14 Å². The van der Waals surface area contributed by atoms with Crippen LogP contribution in [0.5, 0.6) is 0 Å². The van der Waals surface area contributed by atoms with Crippen molar-refractivity contribution in [2.24, 2.45) is 11.1 Å². The van der Waals surface area contributed by atoms with Gasteiger partial charge in [0.15, 0.2) is 0 Å². The maximum atomic E-state index is 13.4. The van der Waals surface area contributed by atoms with Crippen LogP contribution in [0.4, 0.5) is 5.69 Å². The molecule has 0 bridgehead atoms. The summed E-state index contributed by atoms with van der Waals surface area (Å²) >= 11 is 4.70. The number of halogens is 1. The number of aliphatic hydroxyl groups excluding tert-OH is 1. The Morgan fingerprint density at radius 3 is 2.67 bits per heavy atom. The molecule has 1 aliphatic carbocycles. The standard InChI is InChI=1S/C25H27BrN2O6S2/c1-25(31,16-5-4-6-18(26)10-16)17-11-23(35-14-17)24(30)20-7-2-3-8-21(20)28-19-9-15(22(29)12-19)13-34-36(27,32)33/h2-8,10-11,14-15,19,22,28-29,31H,9,12-13H2,1H3,(H2,27,32,33)/t15-,19-,22+,25?/m1/s1. The molecule has 1 unspecified atom stereocenters. The third-order valence-corrected chi connectivity index (χ3v) is 8.29. The van der Waals surface area contributed by atoms with E-state index in [1.165, 1.54) is 11.3 Å². The van der Waals surface area contributed by atoms with E-state index in [1.54, 1.807) is 36.6 Å². The largest absolute Gasteiger partial charge is 0.393 e. The lowest BCUT2D eigenvalue weighted by Crippen LogP contribution is -2.24. The van der Waals surface area contributed by atoms with E-state index in [0.717, 1.165) is 4.47 Å². The maximum Gasteiger partial charge on any atom is 0.333 e. The molecule has 0 spiro atoms. The van der Waals surface area contributed by atoms with Crippen LogP contribution in [0.3, 0.4) is 0 Å². The molecule has 1 aliphatic rings. The lowest BCUT2D eigenvalue weighted by atomic mass is 9.90. The van der Waals surface area contributed by atoms with E-state index in [0.29, 0.717) is 40.1 Å². The number of hydrogen-bond acceptors (Lipinski definition) is 8. The number of benzene rings is 2. The number of rotatable bonds is 9. The number of hydrogen-bond donors (Lipinski definition) is 4. The normalized spacial score (nSPS) is 21.8. The van der Waals surface area contributed by atoms with Crippen molar-refractivity contribution in [3.8, 4) is 0 Å². The number of nitrogens with two attached hydrogens (primary N) is 1. The van der Waals surface area contributed by atoms with E-state index in [-0.39, 0.29) is 18.4 Å². The van der Waals surface area contributed by atoms with Crippen molar-refractivity contribution in [1.82, 2.24) is 0 Å². The van der Waals surface area contributed by atoms with E-state index in [1.807, 2.05) is 30.3 Å². The predicted molar refractivity (Wildman–Crippen MR) is 142 cm³/mol. The first-order valence-corrected chi connectivity index (χ1v) is 14.4. The number of aliphatic hydroxyl groups is 2. The highest BCUT2D eigenvalue weighted by Crippen LogP contribution is 2.35. The van der Waals surface area contributed by atoms with E-state index < -0.39 is 27.9 Å². The molecule has 1 heterocycles. The highest BCUT2D eigenvalue weighted by molar-refractivity contribution is 9.10. The molecule has 1 fully saturated rings. The van der Waals surface area contributed by atoms with Gasteiger partial charge in [-0.1, -0.05) is 40.2 Å². The summed E-state index contributed by atoms with van der Waals surface area (Å²) in [6.45, 7) is 1.50. The fourth-order valence-corrected chi connectivity index (χ4v) is 6.14. The number of anilines is 1. The minimum Gasteiger partial charge on any atom is -0.393 e. The lowest BCUT2D eigenvalue weighted by Gasteiger charge is -2.23. The Morgan fingerprint density at radius 1 is 1.19 bits per heavy atom. The fraction of sp³-hybridized carbons (Fsp3) is 0.320. The van der Waals surface area contributed by atoms with Crippen LogP contribution >= 0.6 is 27.3 Å². The molecule has 8 nitrogen and oxygen atoms in total. The Morgan fingerprint density at radius 2 is 1.94 bits per heavy atom. The van der Waals surface area contributed by atoms with Crippen LogP contribution in [-0.4, -0.2) is 43.2 Å². The monoisotopic (exact) mass is 594 g/mol. The van der Waals surface area contributed by atoms with Gasteiger partial charge in [0.25, 0.3) is 0 Å². The fourth-order valence-electron chi connectivity index (χ4n) is 4.41. The van der Waals surface area contributed by atoms with Gasteiger partial charge in [-0.15, -0.1) is 11.3 Å². The molecule has 4 rings (SSSR count). The molecule has 0 amide bonds. The number of nitrogens with one attached hydrogen (secondary N) is 1. The van der Waals surface area contributed by atoms with Crippen molar-refractivity contribution in [1.29, 1.82) is 0 Å². The SMILES string of the molecule is CC(O)(c1cccc(Br)c1)c1csc(C(=O)c2ccccc2N[C@@H]2C[C@H](COS(N)(=O)=O)[C@@H](O)C2)c1. The van der Waals surface area contributed by atoms with E-state index in [9.17, 15) is 23.4 Å². The second-order valence-corrected chi connectivity index (χ2v) is 12.1. The molecule has 3 aromatic rings. The van der Waals surface area contributed by atoms with Crippen molar-refractivity contribution < 1.29 is 27.6 Å². The predicted octanol–water partition coefficient (Wildman–Crippen LogP) is 3.77. The first-order chi connectivity index (χ1) is 16.9. The van der Waals surface area contributed by atoms with Gasteiger partial charge in [0.05, 0.1) is 17.6 Å². The summed E-state index contributed by atoms with van der Waals surface area (Å²) in [6.07, 6.45) is 0.0738. The summed E-state index contributed by atoms with van der Waals surface area (Å²) in [4.78, 5) is 13.9. The van der Waals surface area contributed by atoms with Crippen molar-refractivity contribution in [2.75, 3.05) is 11.9 Å². The molecule has 0 aliphatic heterocycles. The molecule has 11 heteroatoms. The molecule has 0 radical (unpaired) electrons. The second-order valence-electron chi connectivity index (χ2n) is 9.07. The summed E-state index contributed by atoms with van der Waals surface area (Å²) in [5.41, 5.74) is 1.13. The van der Waals surface area contributed by atoms with Crippen molar-refractivity contribution in [2.45, 2.75) is 37.5 Å². The Labute approximate surface area is 222 Å². The third-order valence-electron chi connectivity index (χ3n) is 6.41. The van der Waals surface area contributed by atoms with Crippen LogP contribution in [0.2, 0.25) is 0 Å². The molecule has 0 saturated heterocycles. The highest BCUT2D eigenvalue weighted by atomic mass is 79.9. The topological polar surface area (TPSA) is 139 Å². The first kappa shape index (κ1) is 26.9. The smallest absolute Gasteiger partial charge is 0.333 e. The summed E-state index contributed by atoms with van der Waals surface area (Å²) in [5, 5.41) is 31.5. The maximum absolute atomic E-state index is 13.4. The van der Waals surface area contributed by atoms with Crippen LogP contribution in [0.15, 0.2) is 64.5 Å². The van der Waals surface area contributed by atoms with Gasteiger partial charge in [-0.3, -0.25) is 8.98 Å². The molecule has 4 atom stereocenters. The van der Waals surface area contributed by atoms with Gasteiger partial charge in [0.1, 0.15) is 5.60 Å². The van der Waals surface area contributed by atoms with Crippen molar-refractivity contribution in [3.63, 3.8) is 0 Å². The summed E-state index contributed by atoms with van der Waals surface area (Å²) in [5.74, 6) is -0.587. The van der Waals surface area contributed by atoms with Crippen LogP contribution in [0.25, 0.3) is 0 Å². The molecule has 192 valence electrons. The number of ketones is 1. The molecule has 2 aromatic carbocycles. The third kappa shape index (κ3) is 6.23. The highest BCUT2D eigenvalue weighted by Gasteiger charge is 2.34. The van der Waals surface area contributed by atoms with Crippen LogP contribution < -0.4 is 10.5 Å². The van der Waals surface area contributed by atoms with Gasteiger partial charge in [0.2, 0.25) is 5.78 Å². The Hall–Kier alpha value is -2.12. The minimum atomic E-state index is -4.08. The average molecular weight is 596 g/mol. The first-order valence-electron chi connectivity index (χ1n) is 11.3. The van der Waals surface area contributed by atoms with E-state index >= 15 is 0 Å². The Balaban J connectivity index is 1.50. The number of thiophene rings is 1. The lowest BCUT2D eigenvalue weighted by molar-refractivity contribution is 0.100. The van der Waals surface area contributed by atoms with Crippen LogP contribution in [0, 0.1) is 5.92 Å². The quantitative estimate of drug-likeness (QED) is 0.276. The molecule has 1 aromatic heterocycles. The number of para-hydroxylation sites is 1. The molecule has 1 saturated carbocycles. The molecular weight excluding hydrogens is 568 g/mol. The number of carbonyl (C=O) groups is 1. The Kier molecular flexibility index (Phi) is 8.01. The Bertz CT molecular complexity index is 1360. The molecule has 36 heavy (non-hydrogen) atoms. The van der Waals surface area contributed by atoms with Gasteiger partial charge in [0, 0.05) is 27.7 Å². The zero-order valence-electron chi connectivity index (χ0n) is 19.4. The molecular formula is C25H27BrN2O6S2. The zero-order chi connectivity index (χ0) is 26.1. The summed E-state index contributed by atoms with van der Waals surface area (Å²) in [7, 11) is -4.08. The number of carbonyl (C=O) groups excluding carboxylic acids is 1. The zero-order valence-corrected chi connectivity index (χ0v) is 22.6. The van der Waals surface area contributed by atoms with Gasteiger partial charge in [-0.2, -0.15) is 8.42 Å². The van der Waals surface area contributed by atoms with Gasteiger partial charge >= 0.3 is 10.3 Å². The van der Waals surface area contributed by atoms with Gasteiger partial charge in [-0.05, 0) is 66.6 Å². The molecule has 5 N–H and O–H groups in total. The van der Waals surface area contributed by atoms with Gasteiger partial charge < -0.3 is 15.5 Å². The van der Waals surface area contributed by atoms with Gasteiger partial charge in [-0.25, -0.2) is 5.14 Å². The van der Waals surface area contributed by atoms with Crippen molar-refractivity contribution in [3.05, 3.63) is 86.0 Å². The van der Waals surface area contributed by atoms with E-state index in [2.05, 4.69) is 25.4 Å². The van der Waals surface area contributed by atoms with Crippen molar-refractivity contribution >= 4 is 49.0 Å². The van der Waals surface area contributed by atoms with Crippen LogP contribution in [0.1, 0.15) is 46.1 Å². The minimum absolute atomic E-state index is 0.181.